The Hall–Kier alpha value is -1.13. The van der Waals surface area contributed by atoms with Gasteiger partial charge >= 0.3 is 0 Å². The second kappa shape index (κ2) is 9.00. The fraction of sp³-hybridized carbons (Fsp3) is 0.647. The standard InChI is InChI=1S/C17H29FN2O/c1-6-19-15(10-11-20(4)12-13(2)3)17-14(18)8-7-9-16(17)21-5/h7-9,13,15,19H,6,10-12H2,1-5H3. The molecule has 0 radical (unpaired) electrons. The Bertz CT molecular complexity index is 423. The van der Waals surface area contributed by atoms with E-state index in [4.69, 9.17) is 4.74 Å². The number of halogens is 1. The van der Waals surface area contributed by atoms with E-state index in [0.29, 0.717) is 17.2 Å². The fourth-order valence-electron chi connectivity index (χ4n) is 2.69. The summed E-state index contributed by atoms with van der Waals surface area (Å²) in [7, 11) is 3.70. The van der Waals surface area contributed by atoms with Gasteiger partial charge < -0.3 is 15.0 Å². The van der Waals surface area contributed by atoms with Gasteiger partial charge in [-0.25, -0.2) is 4.39 Å². The van der Waals surface area contributed by atoms with Crippen LogP contribution in [0.5, 0.6) is 5.75 Å². The third kappa shape index (κ3) is 5.64. The lowest BCUT2D eigenvalue weighted by Crippen LogP contribution is -2.30. The molecule has 0 aliphatic heterocycles. The van der Waals surface area contributed by atoms with E-state index in [1.807, 2.05) is 13.0 Å². The number of nitrogens with one attached hydrogen (secondary N) is 1. The van der Waals surface area contributed by atoms with Gasteiger partial charge in [0.25, 0.3) is 0 Å². The Morgan fingerprint density at radius 1 is 1.33 bits per heavy atom. The Labute approximate surface area is 128 Å². The highest BCUT2D eigenvalue weighted by Crippen LogP contribution is 2.30. The van der Waals surface area contributed by atoms with Crippen molar-refractivity contribution in [2.24, 2.45) is 5.92 Å². The number of hydrogen-bond acceptors (Lipinski definition) is 3. The zero-order valence-electron chi connectivity index (χ0n) is 13.9. The zero-order chi connectivity index (χ0) is 15.8. The zero-order valence-corrected chi connectivity index (χ0v) is 13.9. The highest BCUT2D eigenvalue weighted by Gasteiger charge is 2.20. The number of nitrogens with zero attached hydrogens (tertiary/aromatic N) is 1. The maximum absolute atomic E-state index is 14.2. The summed E-state index contributed by atoms with van der Waals surface area (Å²) in [4.78, 5) is 2.29. The predicted molar refractivity (Wildman–Crippen MR) is 86.3 cm³/mol. The minimum Gasteiger partial charge on any atom is -0.496 e. The minimum absolute atomic E-state index is 0.0271. The molecular weight excluding hydrogens is 267 g/mol. The van der Waals surface area contributed by atoms with Gasteiger partial charge in [-0.1, -0.05) is 26.8 Å². The van der Waals surface area contributed by atoms with Crippen LogP contribution in [-0.2, 0) is 0 Å². The number of rotatable bonds is 9. The smallest absolute Gasteiger partial charge is 0.131 e. The third-order valence-electron chi connectivity index (χ3n) is 3.51. The summed E-state index contributed by atoms with van der Waals surface area (Å²) in [5.41, 5.74) is 0.639. The van der Waals surface area contributed by atoms with E-state index in [1.165, 1.54) is 6.07 Å². The van der Waals surface area contributed by atoms with Crippen LogP contribution in [-0.4, -0.2) is 38.7 Å². The number of hydrogen-bond donors (Lipinski definition) is 1. The fourth-order valence-corrected chi connectivity index (χ4v) is 2.69. The van der Waals surface area contributed by atoms with E-state index in [9.17, 15) is 4.39 Å². The van der Waals surface area contributed by atoms with Crippen molar-refractivity contribution in [2.45, 2.75) is 33.2 Å². The number of ether oxygens (including phenoxy) is 1. The Morgan fingerprint density at radius 3 is 2.62 bits per heavy atom. The molecule has 1 unspecified atom stereocenters. The third-order valence-corrected chi connectivity index (χ3v) is 3.51. The molecule has 1 rings (SSSR count). The highest BCUT2D eigenvalue weighted by molar-refractivity contribution is 5.37. The van der Waals surface area contributed by atoms with Crippen LogP contribution in [0.2, 0.25) is 0 Å². The molecule has 1 N–H and O–H groups in total. The average Bonchev–Trinajstić information content (AvgIpc) is 2.42. The second-order valence-electron chi connectivity index (χ2n) is 5.91. The van der Waals surface area contributed by atoms with Crippen LogP contribution < -0.4 is 10.1 Å². The van der Waals surface area contributed by atoms with Crippen molar-refractivity contribution in [3.63, 3.8) is 0 Å². The van der Waals surface area contributed by atoms with Gasteiger partial charge in [0.05, 0.1) is 7.11 Å². The van der Waals surface area contributed by atoms with Gasteiger partial charge in [-0.2, -0.15) is 0 Å². The molecule has 0 fully saturated rings. The van der Waals surface area contributed by atoms with Gasteiger partial charge in [0.2, 0.25) is 0 Å². The molecule has 0 bridgehead atoms. The van der Waals surface area contributed by atoms with Crippen molar-refractivity contribution in [1.82, 2.24) is 10.2 Å². The molecular formula is C17H29FN2O. The first-order chi connectivity index (χ1) is 9.99. The summed E-state index contributed by atoms with van der Waals surface area (Å²) in [6.45, 7) is 9.23. The molecule has 1 aromatic carbocycles. The molecule has 21 heavy (non-hydrogen) atoms. The number of benzene rings is 1. The minimum atomic E-state index is -0.202. The lowest BCUT2D eigenvalue weighted by molar-refractivity contribution is 0.274. The largest absolute Gasteiger partial charge is 0.496 e. The van der Waals surface area contributed by atoms with Crippen molar-refractivity contribution >= 4 is 0 Å². The van der Waals surface area contributed by atoms with Gasteiger partial charge in [0.15, 0.2) is 0 Å². The van der Waals surface area contributed by atoms with Gasteiger partial charge in [-0.05, 0) is 44.6 Å². The molecule has 0 amide bonds. The van der Waals surface area contributed by atoms with Crippen molar-refractivity contribution in [3.8, 4) is 5.75 Å². The summed E-state index contributed by atoms with van der Waals surface area (Å²) < 4.78 is 19.5. The molecule has 3 nitrogen and oxygen atoms in total. The maximum atomic E-state index is 14.2. The monoisotopic (exact) mass is 296 g/mol. The van der Waals surface area contributed by atoms with Crippen LogP contribution in [0.15, 0.2) is 18.2 Å². The highest BCUT2D eigenvalue weighted by atomic mass is 19.1. The summed E-state index contributed by atoms with van der Waals surface area (Å²) in [5, 5.41) is 3.38. The van der Waals surface area contributed by atoms with E-state index in [0.717, 1.165) is 26.1 Å². The normalized spacial score (nSPS) is 13.0. The summed E-state index contributed by atoms with van der Waals surface area (Å²) >= 11 is 0. The van der Waals surface area contributed by atoms with E-state index < -0.39 is 0 Å². The van der Waals surface area contributed by atoms with Crippen molar-refractivity contribution in [1.29, 1.82) is 0 Å². The predicted octanol–water partition coefficient (Wildman–Crippen LogP) is 3.46. The van der Waals surface area contributed by atoms with Crippen molar-refractivity contribution < 1.29 is 9.13 Å². The topological polar surface area (TPSA) is 24.5 Å². The summed E-state index contributed by atoms with van der Waals surface area (Å²) in [5.74, 6) is 1.05. The first-order valence-electron chi connectivity index (χ1n) is 7.73. The molecule has 120 valence electrons. The van der Waals surface area contributed by atoms with Gasteiger partial charge in [-0.15, -0.1) is 0 Å². The van der Waals surface area contributed by atoms with Crippen LogP contribution in [0.3, 0.4) is 0 Å². The Balaban J connectivity index is 2.82. The Morgan fingerprint density at radius 2 is 2.05 bits per heavy atom. The van der Waals surface area contributed by atoms with Gasteiger partial charge in [-0.3, -0.25) is 0 Å². The first kappa shape index (κ1) is 17.9. The molecule has 0 heterocycles. The van der Waals surface area contributed by atoms with E-state index >= 15 is 0 Å². The second-order valence-corrected chi connectivity index (χ2v) is 5.91. The van der Waals surface area contributed by atoms with Gasteiger partial charge in [0.1, 0.15) is 11.6 Å². The maximum Gasteiger partial charge on any atom is 0.131 e. The quantitative estimate of drug-likeness (QED) is 0.755. The van der Waals surface area contributed by atoms with Crippen LogP contribution in [0.25, 0.3) is 0 Å². The molecule has 1 aromatic rings. The van der Waals surface area contributed by atoms with Crippen LogP contribution >= 0.6 is 0 Å². The molecule has 0 saturated carbocycles. The Kier molecular flexibility index (Phi) is 7.68. The molecule has 1 atom stereocenters. The molecule has 4 heteroatoms. The molecule has 0 saturated heterocycles. The van der Waals surface area contributed by atoms with Crippen molar-refractivity contribution in [2.75, 3.05) is 33.8 Å². The van der Waals surface area contributed by atoms with Crippen LogP contribution in [0, 0.1) is 11.7 Å². The van der Waals surface area contributed by atoms with Crippen LogP contribution in [0.1, 0.15) is 38.8 Å². The molecule has 0 aliphatic carbocycles. The molecule has 0 aromatic heterocycles. The SMILES string of the molecule is CCNC(CCN(C)CC(C)C)c1c(F)cccc1OC. The van der Waals surface area contributed by atoms with E-state index in [1.54, 1.807) is 13.2 Å². The molecule has 0 aliphatic rings. The summed E-state index contributed by atoms with van der Waals surface area (Å²) in [6, 6.07) is 4.98. The average molecular weight is 296 g/mol. The van der Waals surface area contributed by atoms with E-state index in [2.05, 4.69) is 31.1 Å². The lowest BCUT2D eigenvalue weighted by atomic mass is 10.0. The van der Waals surface area contributed by atoms with Gasteiger partial charge in [0, 0.05) is 18.2 Å². The summed E-state index contributed by atoms with van der Waals surface area (Å²) in [6.07, 6.45) is 0.856. The van der Waals surface area contributed by atoms with Crippen molar-refractivity contribution in [3.05, 3.63) is 29.6 Å². The van der Waals surface area contributed by atoms with Crippen LogP contribution in [0.4, 0.5) is 4.39 Å². The number of methoxy groups -OCH3 is 1. The first-order valence-corrected chi connectivity index (χ1v) is 7.73. The lowest BCUT2D eigenvalue weighted by Gasteiger charge is -2.25. The van der Waals surface area contributed by atoms with E-state index in [-0.39, 0.29) is 11.9 Å². The molecule has 0 spiro atoms.